The van der Waals surface area contributed by atoms with Crippen LogP contribution in [-0.4, -0.2) is 24.7 Å². The molecule has 0 unspecified atom stereocenters. The Hall–Kier alpha value is -2.94. The predicted molar refractivity (Wildman–Crippen MR) is 114 cm³/mol. The van der Waals surface area contributed by atoms with E-state index in [2.05, 4.69) is 34.0 Å². The average Bonchev–Trinajstić information content (AvgIpc) is 3.32. The molecule has 1 N–H and O–H groups in total. The van der Waals surface area contributed by atoms with Gasteiger partial charge in [-0.25, -0.2) is 9.37 Å². The molecule has 0 aliphatic carbocycles. The molecule has 0 saturated carbocycles. The number of H-pyrrole nitrogens is 1. The quantitative estimate of drug-likeness (QED) is 0.343. The zero-order valence-electron chi connectivity index (χ0n) is 17.0. The van der Waals surface area contributed by atoms with E-state index in [0.717, 1.165) is 12.1 Å². The van der Waals surface area contributed by atoms with Gasteiger partial charge in [-0.2, -0.15) is 4.98 Å². The van der Waals surface area contributed by atoms with Gasteiger partial charge in [0, 0.05) is 17.8 Å². The SMILES string of the molecule is Cc1cc2nc(SCc3nc(-c4cccc(F)c4)no3)n(CCC(C)C)c(=O)c2[nH]1. The maximum Gasteiger partial charge on any atom is 0.278 e. The molecule has 30 heavy (non-hydrogen) atoms. The molecule has 9 heteroatoms. The van der Waals surface area contributed by atoms with Gasteiger partial charge in [-0.05, 0) is 37.5 Å². The molecule has 0 fully saturated rings. The number of aromatic nitrogens is 5. The Morgan fingerprint density at radius 2 is 2.10 bits per heavy atom. The molecule has 0 amide bonds. The number of halogens is 1. The van der Waals surface area contributed by atoms with Gasteiger partial charge in [0.15, 0.2) is 5.16 Å². The van der Waals surface area contributed by atoms with Crippen LogP contribution in [-0.2, 0) is 12.3 Å². The van der Waals surface area contributed by atoms with Crippen LogP contribution in [0.25, 0.3) is 22.4 Å². The van der Waals surface area contributed by atoms with E-state index in [-0.39, 0.29) is 11.4 Å². The number of aromatic amines is 1. The van der Waals surface area contributed by atoms with Gasteiger partial charge in [-0.1, -0.05) is 42.9 Å². The molecule has 0 radical (unpaired) electrons. The molecule has 0 atom stereocenters. The van der Waals surface area contributed by atoms with Crippen molar-refractivity contribution in [3.63, 3.8) is 0 Å². The molecule has 3 heterocycles. The number of thioether (sulfide) groups is 1. The van der Waals surface area contributed by atoms with Crippen molar-refractivity contribution in [2.24, 2.45) is 5.92 Å². The normalized spacial score (nSPS) is 11.6. The lowest BCUT2D eigenvalue weighted by Gasteiger charge is -2.12. The summed E-state index contributed by atoms with van der Waals surface area (Å²) >= 11 is 1.37. The first-order valence-electron chi connectivity index (χ1n) is 9.72. The largest absolute Gasteiger partial charge is 0.353 e. The van der Waals surface area contributed by atoms with Crippen LogP contribution in [0.15, 0.2) is 44.8 Å². The summed E-state index contributed by atoms with van der Waals surface area (Å²) in [5, 5.41) is 4.54. The Morgan fingerprint density at radius 3 is 2.87 bits per heavy atom. The molecule has 1 aromatic carbocycles. The molecular weight excluding hydrogens is 405 g/mol. The molecule has 0 spiro atoms. The molecule has 0 aliphatic rings. The van der Waals surface area contributed by atoms with Crippen LogP contribution in [0, 0.1) is 18.7 Å². The molecule has 4 aromatic rings. The van der Waals surface area contributed by atoms with Crippen molar-refractivity contribution in [2.75, 3.05) is 0 Å². The van der Waals surface area contributed by atoms with E-state index in [0.29, 0.717) is 51.7 Å². The van der Waals surface area contributed by atoms with Gasteiger partial charge in [0.25, 0.3) is 5.56 Å². The van der Waals surface area contributed by atoms with Gasteiger partial charge in [0.1, 0.15) is 11.3 Å². The van der Waals surface area contributed by atoms with Crippen LogP contribution >= 0.6 is 11.8 Å². The second-order valence-corrected chi connectivity index (χ2v) is 8.50. The fourth-order valence-corrected chi connectivity index (χ4v) is 3.95. The number of hydrogen-bond donors (Lipinski definition) is 1. The highest BCUT2D eigenvalue weighted by Gasteiger charge is 2.16. The summed E-state index contributed by atoms with van der Waals surface area (Å²) in [5.74, 6) is 1.16. The van der Waals surface area contributed by atoms with Gasteiger partial charge in [-0.3, -0.25) is 9.36 Å². The summed E-state index contributed by atoms with van der Waals surface area (Å²) in [6, 6.07) is 7.90. The van der Waals surface area contributed by atoms with Crippen LogP contribution in [0.4, 0.5) is 4.39 Å². The second-order valence-electron chi connectivity index (χ2n) is 7.56. The highest BCUT2D eigenvalue weighted by molar-refractivity contribution is 7.98. The first-order chi connectivity index (χ1) is 14.4. The minimum absolute atomic E-state index is 0.0813. The second kappa shape index (κ2) is 8.43. The zero-order valence-corrected chi connectivity index (χ0v) is 17.8. The van der Waals surface area contributed by atoms with Crippen LogP contribution < -0.4 is 5.56 Å². The third-order valence-corrected chi connectivity index (χ3v) is 5.60. The standard InChI is InChI=1S/C21H22FN5O2S/c1-12(2)7-8-27-20(28)18-16(9-13(3)23-18)24-21(27)30-11-17-25-19(26-29-17)14-5-4-6-15(22)10-14/h4-6,9-10,12,23H,7-8,11H2,1-3H3. The summed E-state index contributed by atoms with van der Waals surface area (Å²) in [6.07, 6.45) is 0.866. The lowest BCUT2D eigenvalue weighted by Crippen LogP contribution is -2.24. The van der Waals surface area contributed by atoms with Crippen molar-refractivity contribution < 1.29 is 8.91 Å². The van der Waals surface area contributed by atoms with E-state index in [1.54, 1.807) is 16.7 Å². The number of nitrogens with one attached hydrogen (secondary N) is 1. The Labute approximate surface area is 176 Å². The first-order valence-corrected chi connectivity index (χ1v) is 10.7. The monoisotopic (exact) mass is 427 g/mol. The van der Waals surface area contributed by atoms with E-state index in [1.165, 1.54) is 23.9 Å². The van der Waals surface area contributed by atoms with Crippen molar-refractivity contribution in [1.29, 1.82) is 0 Å². The third-order valence-electron chi connectivity index (χ3n) is 4.64. The summed E-state index contributed by atoms with van der Waals surface area (Å²) in [6.45, 7) is 6.72. The van der Waals surface area contributed by atoms with E-state index in [9.17, 15) is 9.18 Å². The van der Waals surface area contributed by atoms with Crippen molar-refractivity contribution in [3.05, 3.63) is 58.1 Å². The first kappa shape index (κ1) is 20.3. The third kappa shape index (κ3) is 4.30. The predicted octanol–water partition coefficient (Wildman–Crippen LogP) is 4.56. The van der Waals surface area contributed by atoms with E-state index in [4.69, 9.17) is 4.52 Å². The minimum atomic E-state index is -0.360. The summed E-state index contributed by atoms with van der Waals surface area (Å²) < 4.78 is 20.5. The average molecular weight is 428 g/mol. The maximum atomic E-state index is 13.4. The summed E-state index contributed by atoms with van der Waals surface area (Å²) in [7, 11) is 0. The topological polar surface area (TPSA) is 89.6 Å². The number of benzene rings is 1. The number of fused-ring (bicyclic) bond motifs is 1. The lowest BCUT2D eigenvalue weighted by molar-refractivity contribution is 0.391. The number of aryl methyl sites for hydroxylation is 1. The van der Waals surface area contributed by atoms with Crippen molar-refractivity contribution in [1.82, 2.24) is 24.7 Å². The van der Waals surface area contributed by atoms with Gasteiger partial charge in [0.2, 0.25) is 11.7 Å². The summed E-state index contributed by atoms with van der Waals surface area (Å²) in [4.78, 5) is 25.1. The number of rotatable bonds is 7. The van der Waals surface area contributed by atoms with Gasteiger partial charge >= 0.3 is 0 Å². The Balaban J connectivity index is 1.60. The Kier molecular flexibility index (Phi) is 5.72. The molecule has 0 aliphatic heterocycles. The van der Waals surface area contributed by atoms with Crippen LogP contribution in [0.2, 0.25) is 0 Å². The summed E-state index contributed by atoms with van der Waals surface area (Å²) in [5.41, 5.74) is 2.52. The van der Waals surface area contributed by atoms with Crippen LogP contribution in [0.1, 0.15) is 31.9 Å². The molecule has 7 nitrogen and oxygen atoms in total. The molecule has 0 saturated heterocycles. The van der Waals surface area contributed by atoms with Crippen molar-refractivity contribution in [2.45, 2.75) is 44.6 Å². The molecule has 3 aromatic heterocycles. The molecule has 156 valence electrons. The smallest absolute Gasteiger partial charge is 0.278 e. The lowest BCUT2D eigenvalue weighted by atomic mass is 10.1. The van der Waals surface area contributed by atoms with Gasteiger partial charge in [0.05, 0.1) is 11.3 Å². The van der Waals surface area contributed by atoms with E-state index < -0.39 is 0 Å². The number of hydrogen-bond acceptors (Lipinski definition) is 6. The molecular formula is C21H22FN5O2S. The van der Waals surface area contributed by atoms with Gasteiger partial charge in [-0.15, -0.1) is 0 Å². The molecule has 4 rings (SSSR count). The van der Waals surface area contributed by atoms with Gasteiger partial charge < -0.3 is 9.51 Å². The van der Waals surface area contributed by atoms with Crippen molar-refractivity contribution >= 4 is 22.8 Å². The minimum Gasteiger partial charge on any atom is -0.353 e. The fraction of sp³-hybridized carbons (Fsp3) is 0.333. The van der Waals surface area contributed by atoms with E-state index in [1.807, 2.05) is 13.0 Å². The maximum absolute atomic E-state index is 13.4. The number of nitrogens with zero attached hydrogens (tertiary/aromatic N) is 4. The van der Waals surface area contributed by atoms with E-state index >= 15 is 0 Å². The highest BCUT2D eigenvalue weighted by Crippen LogP contribution is 2.24. The molecule has 0 bridgehead atoms. The van der Waals surface area contributed by atoms with Crippen LogP contribution in [0.3, 0.4) is 0 Å². The van der Waals surface area contributed by atoms with Crippen LogP contribution in [0.5, 0.6) is 0 Å². The van der Waals surface area contributed by atoms with Crippen molar-refractivity contribution in [3.8, 4) is 11.4 Å². The zero-order chi connectivity index (χ0) is 21.3. The fourth-order valence-electron chi connectivity index (χ4n) is 3.09. The Morgan fingerprint density at radius 1 is 1.27 bits per heavy atom. The highest BCUT2D eigenvalue weighted by atomic mass is 32.2. The Bertz CT molecular complexity index is 1240.